The first kappa shape index (κ1) is 15.2. The monoisotopic (exact) mass is 290 g/mol. The zero-order valence-electron chi connectivity index (χ0n) is 12.0. The maximum Gasteiger partial charge on any atom is 0.174 e. The zero-order valence-corrected chi connectivity index (χ0v) is 12.8. The first-order valence-corrected chi connectivity index (χ1v) is 8.29. The normalized spacial score (nSPS) is 20.1. The van der Waals surface area contributed by atoms with Gasteiger partial charge in [-0.3, -0.25) is 0 Å². The molecule has 20 heavy (non-hydrogen) atoms. The molecule has 3 nitrogen and oxygen atoms in total. The molecule has 1 heterocycles. The van der Waals surface area contributed by atoms with Crippen molar-refractivity contribution in [2.24, 2.45) is 0 Å². The highest BCUT2D eigenvalue weighted by Crippen LogP contribution is 2.25. The number of nitriles is 1. The predicted molar refractivity (Wildman–Crippen MR) is 84.1 cm³/mol. The molecule has 1 aliphatic rings. The lowest BCUT2D eigenvalue weighted by molar-refractivity contribution is 0.368. The largest absolute Gasteiger partial charge is 0.479 e. The van der Waals surface area contributed by atoms with Crippen molar-refractivity contribution in [1.82, 2.24) is 5.32 Å². The summed E-state index contributed by atoms with van der Waals surface area (Å²) in [4.78, 5) is 0. The molecule has 2 unspecified atom stereocenters. The molecule has 1 fully saturated rings. The van der Waals surface area contributed by atoms with Crippen LogP contribution >= 0.6 is 11.8 Å². The molecule has 0 radical (unpaired) electrons. The zero-order chi connectivity index (χ0) is 14.2. The summed E-state index contributed by atoms with van der Waals surface area (Å²) in [5.41, 5.74) is 1.26. The highest BCUT2D eigenvalue weighted by Gasteiger charge is 2.15. The number of hydrogen-bond donors (Lipinski definition) is 1. The Morgan fingerprint density at radius 1 is 1.40 bits per heavy atom. The Morgan fingerprint density at radius 2 is 2.20 bits per heavy atom. The van der Waals surface area contributed by atoms with Crippen molar-refractivity contribution in [1.29, 1.82) is 5.26 Å². The van der Waals surface area contributed by atoms with Crippen LogP contribution in [0.3, 0.4) is 0 Å². The molecule has 2 rings (SSSR count). The highest BCUT2D eigenvalue weighted by atomic mass is 32.2. The second-order valence-electron chi connectivity index (χ2n) is 5.13. The van der Waals surface area contributed by atoms with E-state index in [1.807, 2.05) is 18.2 Å². The predicted octanol–water partition coefficient (Wildman–Crippen LogP) is 3.53. The molecular weight excluding hydrogens is 268 g/mol. The molecule has 1 aromatic rings. The molecule has 0 bridgehead atoms. The van der Waals surface area contributed by atoms with E-state index < -0.39 is 0 Å². The lowest BCUT2D eigenvalue weighted by atomic mass is 10.1. The maximum atomic E-state index is 8.48. The van der Waals surface area contributed by atoms with Gasteiger partial charge in [-0.1, -0.05) is 18.6 Å². The number of hydrogen-bond acceptors (Lipinski definition) is 4. The molecule has 1 saturated heterocycles. The van der Waals surface area contributed by atoms with Gasteiger partial charge in [-0.15, -0.1) is 0 Å². The van der Waals surface area contributed by atoms with E-state index in [0.717, 1.165) is 17.5 Å². The summed E-state index contributed by atoms with van der Waals surface area (Å²) in [6, 6.07) is 10.3. The van der Waals surface area contributed by atoms with E-state index in [4.69, 9.17) is 10.00 Å². The lowest BCUT2D eigenvalue weighted by Crippen LogP contribution is -2.28. The Bertz CT molecular complexity index is 435. The minimum Gasteiger partial charge on any atom is -0.479 e. The molecular formula is C16H22N2OS. The van der Waals surface area contributed by atoms with E-state index >= 15 is 0 Å². The van der Waals surface area contributed by atoms with Gasteiger partial charge in [0.2, 0.25) is 0 Å². The minimum absolute atomic E-state index is 0.103. The summed E-state index contributed by atoms with van der Waals surface area (Å²) >= 11 is 2.10. The number of thioether (sulfide) groups is 1. The Hall–Kier alpha value is -1.18. The third-order valence-electron chi connectivity index (χ3n) is 3.61. The molecule has 1 aliphatic heterocycles. The Labute approximate surface area is 125 Å². The summed E-state index contributed by atoms with van der Waals surface area (Å²) in [6.45, 7) is 3.38. The van der Waals surface area contributed by atoms with Gasteiger partial charge in [-0.2, -0.15) is 17.0 Å². The lowest BCUT2D eigenvalue weighted by Gasteiger charge is -2.24. The fourth-order valence-corrected chi connectivity index (χ4v) is 3.61. The third kappa shape index (κ3) is 4.73. The van der Waals surface area contributed by atoms with Crippen LogP contribution in [-0.4, -0.2) is 24.2 Å². The fraction of sp³-hybridized carbons (Fsp3) is 0.562. The van der Waals surface area contributed by atoms with Crippen LogP contribution in [-0.2, 0) is 0 Å². The van der Waals surface area contributed by atoms with Crippen molar-refractivity contribution in [3.63, 3.8) is 0 Å². The van der Waals surface area contributed by atoms with Gasteiger partial charge in [0.25, 0.3) is 0 Å². The first-order valence-electron chi connectivity index (χ1n) is 7.24. The van der Waals surface area contributed by atoms with E-state index in [1.165, 1.54) is 30.6 Å². The molecule has 0 aliphatic carbocycles. The van der Waals surface area contributed by atoms with Gasteiger partial charge in [0.1, 0.15) is 11.8 Å². The summed E-state index contributed by atoms with van der Waals surface area (Å²) in [5.74, 6) is 2.07. The summed E-state index contributed by atoms with van der Waals surface area (Å²) < 4.78 is 5.26. The fourth-order valence-electron chi connectivity index (χ4n) is 2.36. The van der Waals surface area contributed by atoms with Crippen LogP contribution < -0.4 is 10.1 Å². The van der Waals surface area contributed by atoms with Gasteiger partial charge in [0.15, 0.2) is 6.61 Å². The van der Waals surface area contributed by atoms with Crippen molar-refractivity contribution in [3.05, 3.63) is 29.8 Å². The van der Waals surface area contributed by atoms with Crippen LogP contribution in [0, 0.1) is 11.3 Å². The highest BCUT2D eigenvalue weighted by molar-refractivity contribution is 7.99. The van der Waals surface area contributed by atoms with Crippen LogP contribution in [0.5, 0.6) is 5.75 Å². The van der Waals surface area contributed by atoms with Crippen molar-refractivity contribution in [2.75, 3.05) is 18.9 Å². The molecule has 2 atom stereocenters. The Kier molecular flexibility index (Phi) is 6.23. The molecule has 108 valence electrons. The topological polar surface area (TPSA) is 45.0 Å². The van der Waals surface area contributed by atoms with E-state index in [1.54, 1.807) is 0 Å². The summed E-state index contributed by atoms with van der Waals surface area (Å²) in [6.07, 6.45) is 4.09. The molecule has 0 amide bonds. The smallest absolute Gasteiger partial charge is 0.174 e. The van der Waals surface area contributed by atoms with Crippen molar-refractivity contribution >= 4 is 11.8 Å². The van der Waals surface area contributed by atoms with Crippen LogP contribution in [0.4, 0.5) is 0 Å². The molecule has 4 heteroatoms. The third-order valence-corrected chi connectivity index (χ3v) is 5.01. The van der Waals surface area contributed by atoms with Crippen LogP contribution in [0.25, 0.3) is 0 Å². The molecule has 0 spiro atoms. The second-order valence-corrected chi connectivity index (χ2v) is 6.54. The van der Waals surface area contributed by atoms with Crippen LogP contribution in [0.15, 0.2) is 24.3 Å². The van der Waals surface area contributed by atoms with Gasteiger partial charge < -0.3 is 10.1 Å². The second kappa shape index (κ2) is 8.18. The molecule has 0 saturated carbocycles. The number of benzene rings is 1. The summed E-state index contributed by atoms with van der Waals surface area (Å²) in [7, 11) is 0. The van der Waals surface area contributed by atoms with Crippen molar-refractivity contribution in [3.8, 4) is 11.8 Å². The van der Waals surface area contributed by atoms with Crippen LogP contribution in [0.1, 0.15) is 37.8 Å². The van der Waals surface area contributed by atoms with E-state index in [2.05, 4.69) is 36.1 Å². The van der Waals surface area contributed by atoms with Gasteiger partial charge in [0, 0.05) is 17.8 Å². The van der Waals surface area contributed by atoms with Crippen molar-refractivity contribution in [2.45, 2.75) is 37.5 Å². The van der Waals surface area contributed by atoms with Gasteiger partial charge in [-0.05, 0) is 43.2 Å². The Morgan fingerprint density at radius 3 is 2.85 bits per heavy atom. The van der Waals surface area contributed by atoms with Gasteiger partial charge in [0.05, 0.1) is 0 Å². The average molecular weight is 290 g/mol. The Balaban J connectivity index is 1.79. The molecule has 1 aromatic carbocycles. The van der Waals surface area contributed by atoms with Crippen molar-refractivity contribution < 1.29 is 4.74 Å². The van der Waals surface area contributed by atoms with Gasteiger partial charge >= 0.3 is 0 Å². The minimum atomic E-state index is 0.103. The van der Waals surface area contributed by atoms with E-state index in [0.29, 0.717) is 6.04 Å². The number of rotatable bonds is 6. The maximum absolute atomic E-state index is 8.48. The standard InChI is InChI=1S/C16H22N2OS/c1-13(18-12-16-4-2-3-11-20-16)14-5-7-15(8-6-14)19-10-9-17/h5-8,13,16,18H,2-4,10-12H2,1H3. The SMILES string of the molecule is CC(NCC1CCCCS1)c1ccc(OCC#N)cc1. The van der Waals surface area contributed by atoms with Crippen LogP contribution in [0.2, 0.25) is 0 Å². The van der Waals surface area contributed by atoms with E-state index in [-0.39, 0.29) is 6.61 Å². The molecule has 1 N–H and O–H groups in total. The average Bonchev–Trinajstić information content (AvgIpc) is 2.52. The summed E-state index contributed by atoms with van der Waals surface area (Å²) in [5, 5.41) is 12.9. The molecule has 0 aromatic heterocycles. The number of ether oxygens (including phenoxy) is 1. The van der Waals surface area contributed by atoms with Gasteiger partial charge in [-0.25, -0.2) is 0 Å². The number of nitrogens with one attached hydrogen (secondary N) is 1. The number of nitrogens with zero attached hydrogens (tertiary/aromatic N) is 1. The first-order chi connectivity index (χ1) is 9.79. The van der Waals surface area contributed by atoms with E-state index in [9.17, 15) is 0 Å². The quantitative estimate of drug-likeness (QED) is 0.870.